The fraction of sp³-hybridized carbons (Fsp3) is 0.615. The Morgan fingerprint density at radius 2 is 2.13 bits per heavy atom. The van der Waals surface area contributed by atoms with E-state index in [0.29, 0.717) is 0 Å². The topological polar surface area (TPSA) is 16.1 Å². The van der Waals surface area contributed by atoms with Crippen LogP contribution >= 0.6 is 0 Å². The summed E-state index contributed by atoms with van der Waals surface area (Å²) >= 11 is 0. The molecule has 1 aromatic heterocycles. The lowest BCUT2D eigenvalue weighted by molar-refractivity contribution is 0.514. The van der Waals surface area contributed by atoms with E-state index >= 15 is 0 Å². The van der Waals surface area contributed by atoms with Crippen molar-refractivity contribution in [3.05, 3.63) is 23.4 Å². The van der Waals surface area contributed by atoms with Gasteiger partial charge in [0.1, 0.15) is 5.82 Å². The van der Waals surface area contributed by atoms with E-state index in [0.717, 1.165) is 19.4 Å². The van der Waals surface area contributed by atoms with Gasteiger partial charge in [-0.2, -0.15) is 0 Å². The van der Waals surface area contributed by atoms with Crippen LogP contribution in [0.2, 0.25) is 0 Å². The third-order valence-corrected chi connectivity index (χ3v) is 3.08. The van der Waals surface area contributed by atoms with E-state index in [4.69, 9.17) is 0 Å². The molecule has 0 spiro atoms. The molecule has 0 radical (unpaired) electrons. The molecule has 0 N–H and O–H groups in total. The van der Waals surface area contributed by atoms with Crippen molar-refractivity contribution in [3.8, 4) is 0 Å². The molecule has 2 heteroatoms. The van der Waals surface area contributed by atoms with E-state index in [1.165, 1.54) is 16.9 Å². The summed E-state index contributed by atoms with van der Waals surface area (Å²) in [5.74, 6) is 1.19. The zero-order chi connectivity index (χ0) is 11.1. The summed E-state index contributed by atoms with van der Waals surface area (Å²) in [5.41, 5.74) is 2.96. The van der Waals surface area contributed by atoms with Crippen LogP contribution in [-0.4, -0.2) is 17.1 Å². The summed E-state index contributed by atoms with van der Waals surface area (Å²) in [5, 5.41) is 0. The second-order valence-corrected chi connectivity index (χ2v) is 5.25. The zero-order valence-electron chi connectivity index (χ0n) is 10.2. The molecule has 1 aromatic rings. The fourth-order valence-electron chi connectivity index (χ4n) is 2.16. The van der Waals surface area contributed by atoms with Crippen LogP contribution in [0.25, 0.3) is 0 Å². The highest BCUT2D eigenvalue weighted by Crippen LogP contribution is 2.31. The van der Waals surface area contributed by atoms with Gasteiger partial charge in [-0.3, -0.25) is 0 Å². The van der Waals surface area contributed by atoms with Crippen molar-refractivity contribution in [1.82, 2.24) is 4.98 Å². The summed E-state index contributed by atoms with van der Waals surface area (Å²) < 4.78 is 0. The average molecular weight is 204 g/mol. The van der Waals surface area contributed by atoms with Gasteiger partial charge in [0.25, 0.3) is 0 Å². The van der Waals surface area contributed by atoms with Crippen LogP contribution in [0.5, 0.6) is 0 Å². The van der Waals surface area contributed by atoms with Crippen molar-refractivity contribution in [2.75, 3.05) is 11.4 Å². The van der Waals surface area contributed by atoms with Crippen molar-refractivity contribution in [3.63, 3.8) is 0 Å². The van der Waals surface area contributed by atoms with E-state index in [-0.39, 0.29) is 5.54 Å². The summed E-state index contributed by atoms with van der Waals surface area (Å²) in [6.45, 7) is 10.0. The molecular formula is C13H20N2. The van der Waals surface area contributed by atoms with Crippen LogP contribution < -0.4 is 4.90 Å². The van der Waals surface area contributed by atoms with Crippen LogP contribution in [0.1, 0.15) is 38.8 Å². The molecule has 0 unspecified atom stereocenters. The number of hydrogen-bond donors (Lipinski definition) is 0. The van der Waals surface area contributed by atoms with Gasteiger partial charge in [-0.1, -0.05) is 13.0 Å². The predicted octanol–water partition coefficient (Wildman–Crippen LogP) is 2.81. The maximum atomic E-state index is 4.60. The lowest BCUT2D eigenvalue weighted by Crippen LogP contribution is -2.40. The normalized spacial score (nSPS) is 15.6. The second kappa shape index (κ2) is 3.51. The highest BCUT2D eigenvalue weighted by molar-refractivity contribution is 5.54. The highest BCUT2D eigenvalue weighted by atomic mass is 15.3. The molecule has 2 heterocycles. The van der Waals surface area contributed by atoms with Crippen LogP contribution in [0, 0.1) is 0 Å². The maximum absolute atomic E-state index is 4.60. The molecule has 2 rings (SSSR count). The Morgan fingerprint density at radius 1 is 1.40 bits per heavy atom. The van der Waals surface area contributed by atoms with Crippen LogP contribution in [0.4, 0.5) is 5.82 Å². The molecule has 1 aliphatic heterocycles. The predicted molar refractivity (Wildman–Crippen MR) is 64.4 cm³/mol. The molecule has 2 nitrogen and oxygen atoms in total. The summed E-state index contributed by atoms with van der Waals surface area (Å²) in [6.07, 6.45) is 4.24. The SMILES string of the molecule is CCc1cnc2c(c1)CCN2C(C)(C)C. The van der Waals surface area contributed by atoms with E-state index in [9.17, 15) is 0 Å². The molecule has 0 aromatic carbocycles. The van der Waals surface area contributed by atoms with Gasteiger partial charge in [0.05, 0.1) is 0 Å². The zero-order valence-corrected chi connectivity index (χ0v) is 10.2. The van der Waals surface area contributed by atoms with Crippen LogP contribution in [0.3, 0.4) is 0 Å². The third-order valence-electron chi connectivity index (χ3n) is 3.08. The van der Waals surface area contributed by atoms with E-state index in [1.807, 2.05) is 6.20 Å². The molecule has 0 aliphatic carbocycles. The lowest BCUT2D eigenvalue weighted by atomic mass is 10.1. The number of rotatable bonds is 1. The molecule has 0 atom stereocenters. The first-order chi connectivity index (χ1) is 7.02. The lowest BCUT2D eigenvalue weighted by Gasteiger charge is -2.33. The van der Waals surface area contributed by atoms with Crippen LogP contribution in [-0.2, 0) is 12.8 Å². The van der Waals surface area contributed by atoms with Gasteiger partial charge in [0.2, 0.25) is 0 Å². The van der Waals surface area contributed by atoms with Crippen LogP contribution in [0.15, 0.2) is 12.3 Å². The third kappa shape index (κ3) is 1.85. The minimum Gasteiger partial charge on any atom is -0.351 e. The van der Waals surface area contributed by atoms with Gasteiger partial charge in [-0.25, -0.2) is 4.98 Å². The molecule has 15 heavy (non-hydrogen) atoms. The molecule has 0 amide bonds. The number of fused-ring (bicyclic) bond motifs is 1. The van der Waals surface area contributed by atoms with E-state index in [1.54, 1.807) is 0 Å². The van der Waals surface area contributed by atoms with Crippen molar-refractivity contribution < 1.29 is 0 Å². The Kier molecular flexibility index (Phi) is 2.45. The maximum Gasteiger partial charge on any atom is 0.132 e. The number of nitrogens with zero attached hydrogens (tertiary/aromatic N) is 2. The first kappa shape index (κ1) is 10.5. The minimum atomic E-state index is 0.186. The number of aryl methyl sites for hydroxylation is 1. The van der Waals surface area contributed by atoms with Crippen molar-refractivity contribution >= 4 is 5.82 Å². The summed E-state index contributed by atoms with van der Waals surface area (Å²) in [4.78, 5) is 7.01. The smallest absolute Gasteiger partial charge is 0.132 e. The van der Waals surface area contributed by atoms with Gasteiger partial charge in [0, 0.05) is 18.3 Å². The number of pyridine rings is 1. The molecule has 82 valence electrons. The minimum absolute atomic E-state index is 0.186. The number of hydrogen-bond acceptors (Lipinski definition) is 2. The van der Waals surface area contributed by atoms with Gasteiger partial charge in [-0.15, -0.1) is 0 Å². The Balaban J connectivity index is 2.36. The quantitative estimate of drug-likeness (QED) is 0.699. The van der Waals surface area contributed by atoms with E-state index < -0.39 is 0 Å². The average Bonchev–Trinajstić information content (AvgIpc) is 2.59. The summed E-state index contributed by atoms with van der Waals surface area (Å²) in [6, 6.07) is 2.31. The Morgan fingerprint density at radius 3 is 2.73 bits per heavy atom. The molecule has 1 aliphatic rings. The fourth-order valence-corrected chi connectivity index (χ4v) is 2.16. The Bertz CT molecular complexity index is 363. The first-order valence-corrected chi connectivity index (χ1v) is 5.78. The van der Waals surface area contributed by atoms with Gasteiger partial charge in [-0.05, 0) is 44.7 Å². The van der Waals surface area contributed by atoms with Crippen molar-refractivity contribution in [2.24, 2.45) is 0 Å². The standard InChI is InChI=1S/C13H20N2/c1-5-10-8-11-6-7-15(13(2,3)4)12(11)14-9-10/h8-9H,5-7H2,1-4H3. The molecule has 0 saturated heterocycles. The molecule has 0 saturated carbocycles. The summed E-state index contributed by atoms with van der Waals surface area (Å²) in [7, 11) is 0. The Labute approximate surface area is 92.3 Å². The number of anilines is 1. The number of aromatic nitrogens is 1. The van der Waals surface area contributed by atoms with Gasteiger partial charge >= 0.3 is 0 Å². The Hall–Kier alpha value is -1.05. The molecular weight excluding hydrogens is 184 g/mol. The highest BCUT2D eigenvalue weighted by Gasteiger charge is 2.29. The largest absolute Gasteiger partial charge is 0.351 e. The first-order valence-electron chi connectivity index (χ1n) is 5.78. The monoisotopic (exact) mass is 204 g/mol. The second-order valence-electron chi connectivity index (χ2n) is 5.25. The molecule has 0 fully saturated rings. The van der Waals surface area contributed by atoms with Crippen molar-refractivity contribution in [1.29, 1.82) is 0 Å². The molecule has 0 bridgehead atoms. The van der Waals surface area contributed by atoms with Crippen molar-refractivity contribution in [2.45, 2.75) is 46.1 Å². The van der Waals surface area contributed by atoms with E-state index in [2.05, 4.69) is 43.6 Å². The van der Waals surface area contributed by atoms with Gasteiger partial charge < -0.3 is 4.90 Å². The van der Waals surface area contributed by atoms with Gasteiger partial charge in [0.15, 0.2) is 0 Å².